The first-order chi connectivity index (χ1) is 7.14. The van der Waals surface area contributed by atoms with E-state index in [0.29, 0.717) is 0 Å². The second kappa shape index (κ2) is 4.06. The van der Waals surface area contributed by atoms with Crippen molar-refractivity contribution in [2.45, 2.75) is 25.3 Å². The fourth-order valence-corrected chi connectivity index (χ4v) is 2.53. The van der Waals surface area contributed by atoms with Crippen LogP contribution in [0.1, 0.15) is 19.8 Å². The number of hydrogen-bond donors (Lipinski definition) is 1. The molecule has 0 aliphatic carbocycles. The van der Waals surface area contributed by atoms with E-state index in [1.807, 2.05) is 0 Å². The highest BCUT2D eigenvalue weighted by Crippen LogP contribution is 2.31. The molecule has 2 heterocycles. The molecule has 82 valence electrons. The van der Waals surface area contributed by atoms with Crippen LogP contribution in [0, 0.1) is 0 Å². The Hall–Kier alpha value is -0.680. The SMILES string of the molecule is CCCC1(N)CN(c2ncncc2Br)C1. The molecule has 1 aromatic heterocycles. The quantitative estimate of drug-likeness (QED) is 0.906. The van der Waals surface area contributed by atoms with Gasteiger partial charge in [-0.3, -0.25) is 0 Å². The molecule has 0 aromatic carbocycles. The van der Waals surface area contributed by atoms with E-state index >= 15 is 0 Å². The van der Waals surface area contributed by atoms with Crippen molar-refractivity contribution in [3.05, 3.63) is 17.0 Å². The van der Waals surface area contributed by atoms with Crippen LogP contribution >= 0.6 is 15.9 Å². The van der Waals surface area contributed by atoms with E-state index in [0.717, 1.165) is 36.2 Å². The third kappa shape index (κ3) is 2.13. The maximum Gasteiger partial charge on any atom is 0.146 e. The average Bonchev–Trinajstić information content (AvgIpc) is 2.15. The molecule has 1 saturated heterocycles. The number of halogens is 1. The van der Waals surface area contributed by atoms with Crippen LogP contribution in [0.25, 0.3) is 0 Å². The molecule has 15 heavy (non-hydrogen) atoms. The minimum Gasteiger partial charge on any atom is -0.352 e. The average molecular weight is 271 g/mol. The van der Waals surface area contributed by atoms with Gasteiger partial charge in [0, 0.05) is 19.3 Å². The molecule has 0 atom stereocenters. The number of hydrogen-bond acceptors (Lipinski definition) is 4. The van der Waals surface area contributed by atoms with Crippen LogP contribution in [-0.4, -0.2) is 28.6 Å². The topological polar surface area (TPSA) is 55.0 Å². The van der Waals surface area contributed by atoms with Crippen molar-refractivity contribution in [2.24, 2.45) is 5.73 Å². The largest absolute Gasteiger partial charge is 0.352 e. The highest BCUT2D eigenvalue weighted by Gasteiger charge is 2.39. The van der Waals surface area contributed by atoms with E-state index in [4.69, 9.17) is 5.73 Å². The molecule has 1 aromatic rings. The van der Waals surface area contributed by atoms with Gasteiger partial charge in [0.25, 0.3) is 0 Å². The summed E-state index contributed by atoms with van der Waals surface area (Å²) in [5.74, 6) is 0.946. The maximum atomic E-state index is 6.19. The first-order valence-electron chi connectivity index (χ1n) is 5.14. The summed E-state index contributed by atoms with van der Waals surface area (Å²) in [6.45, 7) is 3.94. The van der Waals surface area contributed by atoms with Crippen molar-refractivity contribution >= 4 is 21.7 Å². The molecule has 2 rings (SSSR count). The van der Waals surface area contributed by atoms with Gasteiger partial charge in [-0.15, -0.1) is 0 Å². The molecule has 0 spiro atoms. The van der Waals surface area contributed by atoms with Crippen LogP contribution in [-0.2, 0) is 0 Å². The Kier molecular flexibility index (Phi) is 2.93. The van der Waals surface area contributed by atoms with Crippen LogP contribution < -0.4 is 10.6 Å². The van der Waals surface area contributed by atoms with E-state index in [1.165, 1.54) is 0 Å². The number of nitrogens with zero attached hydrogens (tertiary/aromatic N) is 3. The predicted octanol–water partition coefficient (Wildman–Crippen LogP) is 1.56. The van der Waals surface area contributed by atoms with E-state index in [1.54, 1.807) is 12.5 Å². The second-order valence-electron chi connectivity index (χ2n) is 4.16. The molecule has 0 radical (unpaired) electrons. The summed E-state index contributed by atoms with van der Waals surface area (Å²) in [6.07, 6.45) is 5.54. The van der Waals surface area contributed by atoms with E-state index in [2.05, 4.69) is 37.7 Å². The van der Waals surface area contributed by atoms with Gasteiger partial charge in [-0.2, -0.15) is 0 Å². The highest BCUT2D eigenvalue weighted by molar-refractivity contribution is 9.10. The summed E-state index contributed by atoms with van der Waals surface area (Å²) >= 11 is 3.44. The fourth-order valence-electron chi connectivity index (χ4n) is 2.06. The van der Waals surface area contributed by atoms with Gasteiger partial charge in [0.1, 0.15) is 12.1 Å². The zero-order chi connectivity index (χ0) is 10.9. The zero-order valence-electron chi connectivity index (χ0n) is 8.78. The van der Waals surface area contributed by atoms with Gasteiger partial charge in [-0.25, -0.2) is 9.97 Å². The van der Waals surface area contributed by atoms with E-state index < -0.39 is 0 Å². The van der Waals surface area contributed by atoms with Gasteiger partial charge in [0.2, 0.25) is 0 Å². The molecule has 0 amide bonds. The Morgan fingerprint density at radius 3 is 2.93 bits per heavy atom. The molecular formula is C10H15BrN4. The summed E-state index contributed by atoms with van der Waals surface area (Å²) in [5, 5.41) is 0. The third-order valence-corrected chi connectivity index (χ3v) is 3.27. The first-order valence-corrected chi connectivity index (χ1v) is 5.93. The molecule has 5 heteroatoms. The molecule has 2 N–H and O–H groups in total. The minimum absolute atomic E-state index is 0.0147. The molecule has 0 saturated carbocycles. The van der Waals surface area contributed by atoms with Gasteiger partial charge < -0.3 is 10.6 Å². The summed E-state index contributed by atoms with van der Waals surface area (Å²) in [5.41, 5.74) is 6.18. The van der Waals surface area contributed by atoms with Crippen LogP contribution in [0.2, 0.25) is 0 Å². The number of aromatic nitrogens is 2. The summed E-state index contributed by atoms with van der Waals surface area (Å²) in [4.78, 5) is 10.4. The van der Waals surface area contributed by atoms with Crippen molar-refractivity contribution in [1.82, 2.24) is 9.97 Å². The smallest absolute Gasteiger partial charge is 0.146 e. The lowest BCUT2D eigenvalue weighted by molar-refractivity contribution is 0.305. The number of anilines is 1. The van der Waals surface area contributed by atoms with Crippen LogP contribution in [0.15, 0.2) is 17.0 Å². The molecule has 0 unspecified atom stereocenters. The van der Waals surface area contributed by atoms with Crippen molar-refractivity contribution in [1.29, 1.82) is 0 Å². The lowest BCUT2D eigenvalue weighted by Gasteiger charge is -2.48. The Morgan fingerprint density at radius 2 is 2.33 bits per heavy atom. The molecular weight excluding hydrogens is 256 g/mol. The van der Waals surface area contributed by atoms with Crippen molar-refractivity contribution < 1.29 is 0 Å². The minimum atomic E-state index is -0.0147. The predicted molar refractivity (Wildman–Crippen MR) is 63.8 cm³/mol. The lowest BCUT2D eigenvalue weighted by Crippen LogP contribution is -2.67. The highest BCUT2D eigenvalue weighted by atomic mass is 79.9. The standard InChI is InChI=1S/C10H15BrN4/c1-2-3-10(12)5-15(6-10)9-8(11)4-13-7-14-9/h4,7H,2-3,5-6,12H2,1H3. The van der Waals surface area contributed by atoms with Crippen molar-refractivity contribution in [3.63, 3.8) is 0 Å². The molecule has 1 aliphatic heterocycles. The number of rotatable bonds is 3. The Balaban J connectivity index is 2.03. The van der Waals surface area contributed by atoms with Gasteiger partial charge in [-0.05, 0) is 22.4 Å². The number of nitrogens with two attached hydrogens (primary N) is 1. The molecule has 4 nitrogen and oxygen atoms in total. The van der Waals surface area contributed by atoms with Crippen LogP contribution in [0.3, 0.4) is 0 Å². The molecule has 1 aliphatic rings. The Labute approximate surface area is 98.0 Å². The van der Waals surface area contributed by atoms with Crippen LogP contribution in [0.5, 0.6) is 0 Å². The van der Waals surface area contributed by atoms with Gasteiger partial charge in [-0.1, -0.05) is 13.3 Å². The molecule has 0 bridgehead atoms. The first kappa shape index (κ1) is 10.8. The lowest BCUT2D eigenvalue weighted by atomic mass is 9.86. The van der Waals surface area contributed by atoms with Crippen molar-refractivity contribution in [2.75, 3.05) is 18.0 Å². The second-order valence-corrected chi connectivity index (χ2v) is 5.02. The van der Waals surface area contributed by atoms with E-state index in [9.17, 15) is 0 Å². The Morgan fingerprint density at radius 1 is 1.60 bits per heavy atom. The monoisotopic (exact) mass is 270 g/mol. The third-order valence-electron chi connectivity index (χ3n) is 2.71. The van der Waals surface area contributed by atoms with Gasteiger partial charge in [0.05, 0.1) is 10.0 Å². The fraction of sp³-hybridized carbons (Fsp3) is 0.600. The normalized spacial score (nSPS) is 18.7. The van der Waals surface area contributed by atoms with Crippen molar-refractivity contribution in [3.8, 4) is 0 Å². The summed E-state index contributed by atoms with van der Waals surface area (Å²) < 4.78 is 0.934. The zero-order valence-corrected chi connectivity index (χ0v) is 10.4. The molecule has 1 fully saturated rings. The summed E-state index contributed by atoms with van der Waals surface area (Å²) in [7, 11) is 0. The maximum absolute atomic E-state index is 6.19. The van der Waals surface area contributed by atoms with Gasteiger partial charge in [0.15, 0.2) is 0 Å². The van der Waals surface area contributed by atoms with Gasteiger partial charge >= 0.3 is 0 Å². The summed E-state index contributed by atoms with van der Waals surface area (Å²) in [6, 6.07) is 0. The van der Waals surface area contributed by atoms with E-state index in [-0.39, 0.29) is 5.54 Å². The Bertz CT molecular complexity index is 349. The van der Waals surface area contributed by atoms with Crippen LogP contribution in [0.4, 0.5) is 5.82 Å².